The molecule has 1 aromatic rings. The van der Waals surface area contributed by atoms with Crippen LogP contribution in [-0.4, -0.2) is 137 Å². The fourth-order valence-corrected chi connectivity index (χ4v) is 8.90. The van der Waals surface area contributed by atoms with Crippen LogP contribution in [0.3, 0.4) is 0 Å². The van der Waals surface area contributed by atoms with Crippen molar-refractivity contribution in [2.75, 3.05) is 84.5 Å². The average Bonchev–Trinajstić information content (AvgIpc) is 2.95. The molecule has 1 atom stereocenters. The Hall–Kier alpha value is -1.71. The minimum absolute atomic E-state index is 0.0863. The van der Waals surface area contributed by atoms with Crippen molar-refractivity contribution in [3.05, 3.63) is 35.4 Å². The number of likely N-dealkylation sites (tertiary alicyclic amines) is 1. The van der Waals surface area contributed by atoms with Gasteiger partial charge in [-0.2, -0.15) is 4.31 Å². The highest BCUT2D eigenvalue weighted by molar-refractivity contribution is 7.88. The van der Waals surface area contributed by atoms with Gasteiger partial charge in [0.05, 0.1) is 19.1 Å². The van der Waals surface area contributed by atoms with Gasteiger partial charge in [-0.1, -0.05) is 13.8 Å². The van der Waals surface area contributed by atoms with Crippen LogP contribution in [0.25, 0.3) is 0 Å². The highest BCUT2D eigenvalue weighted by atomic mass is 32.2. The Balaban J connectivity index is 1.34. The maximum atomic E-state index is 14.3. The highest BCUT2D eigenvalue weighted by Crippen LogP contribution is 2.37. The van der Waals surface area contributed by atoms with E-state index in [1.807, 2.05) is 9.80 Å². The molecule has 0 aliphatic carbocycles. The molecule has 1 unspecified atom stereocenters. The van der Waals surface area contributed by atoms with Crippen molar-refractivity contribution < 1.29 is 30.4 Å². The molecule has 14 heteroatoms. The minimum atomic E-state index is -3.27. The summed E-state index contributed by atoms with van der Waals surface area (Å²) in [6, 6.07) is 3.85. The van der Waals surface area contributed by atoms with Gasteiger partial charge in [0.25, 0.3) is 0 Å². The predicted octanol–water partition coefficient (Wildman–Crippen LogP) is 2.64. The van der Waals surface area contributed by atoms with Gasteiger partial charge in [-0.05, 0) is 74.1 Å². The molecule has 3 aliphatic rings. The Morgan fingerprint density at radius 1 is 0.800 bits per heavy atom. The molecule has 4 rings (SSSR count). The molecule has 0 radical (unpaired) electrons. The van der Waals surface area contributed by atoms with Crippen LogP contribution in [0.2, 0.25) is 0 Å². The molecular weight excluding hydrogens is 625 g/mol. The van der Waals surface area contributed by atoms with Gasteiger partial charge in [0.2, 0.25) is 26.0 Å². The van der Waals surface area contributed by atoms with Crippen LogP contribution in [0, 0.1) is 23.5 Å². The summed E-state index contributed by atoms with van der Waals surface area (Å²) in [7, 11) is -6.50. The molecule has 3 heterocycles. The third-order valence-electron chi connectivity index (χ3n) is 9.65. The summed E-state index contributed by atoms with van der Waals surface area (Å²) >= 11 is 0. The first-order valence-corrected chi connectivity index (χ1v) is 19.9. The van der Waals surface area contributed by atoms with Crippen molar-refractivity contribution in [1.29, 1.82) is 0 Å². The topological polar surface area (TPSA) is 102 Å². The molecule has 256 valence electrons. The number of sulfonamides is 2. The molecule has 10 nitrogen and oxygen atoms in total. The molecule has 0 aromatic heterocycles. The van der Waals surface area contributed by atoms with Crippen LogP contribution in [0.5, 0.6) is 0 Å². The molecular formula is C31H51F2N5O5S2. The summed E-state index contributed by atoms with van der Waals surface area (Å²) in [6.07, 6.45) is 6.12. The van der Waals surface area contributed by atoms with Crippen LogP contribution in [0.15, 0.2) is 18.2 Å². The lowest BCUT2D eigenvalue weighted by molar-refractivity contribution is -0.136. The fraction of sp³-hybridized carbons (Fsp3) is 0.774. The van der Waals surface area contributed by atoms with Gasteiger partial charge in [0, 0.05) is 71.0 Å². The zero-order valence-corrected chi connectivity index (χ0v) is 28.8. The van der Waals surface area contributed by atoms with Crippen LogP contribution >= 0.6 is 0 Å². The van der Waals surface area contributed by atoms with Crippen LogP contribution in [0.4, 0.5) is 8.78 Å². The monoisotopic (exact) mass is 675 g/mol. The number of carbonyl (C=O) groups is 1. The van der Waals surface area contributed by atoms with Gasteiger partial charge in [0.1, 0.15) is 11.6 Å². The number of hydrogen-bond donors (Lipinski definition) is 0. The quantitative estimate of drug-likeness (QED) is 0.336. The van der Waals surface area contributed by atoms with Crippen LogP contribution in [-0.2, 0) is 24.8 Å². The number of piperazine rings is 1. The SMILES string of the molecule is CC(C)CN(C(=O)CN1CCN(S(C)(=O)=O)CC1)C1CCN(CCC(c2cc(F)cc(F)c2)C2CCN(S(C)(=O)=O)CC2)CC1. The van der Waals surface area contributed by atoms with E-state index in [1.165, 1.54) is 33.3 Å². The number of piperidine rings is 2. The zero-order valence-electron chi connectivity index (χ0n) is 27.2. The molecule has 3 saturated heterocycles. The summed E-state index contributed by atoms with van der Waals surface area (Å²) < 4.78 is 79.3. The minimum Gasteiger partial charge on any atom is -0.338 e. The van der Waals surface area contributed by atoms with Crippen molar-refractivity contribution in [2.24, 2.45) is 11.8 Å². The number of halogens is 2. The van der Waals surface area contributed by atoms with E-state index < -0.39 is 31.7 Å². The Labute approximate surface area is 268 Å². The fourth-order valence-electron chi connectivity index (χ4n) is 7.20. The Morgan fingerprint density at radius 2 is 1.33 bits per heavy atom. The molecule has 0 spiro atoms. The van der Waals surface area contributed by atoms with Crippen LogP contribution in [0.1, 0.15) is 57.4 Å². The van der Waals surface area contributed by atoms with Gasteiger partial charge >= 0.3 is 0 Å². The Kier molecular flexibility index (Phi) is 12.4. The molecule has 3 fully saturated rings. The lowest BCUT2D eigenvalue weighted by Gasteiger charge is -2.41. The Bertz CT molecular complexity index is 1340. The highest BCUT2D eigenvalue weighted by Gasteiger charge is 2.34. The van der Waals surface area contributed by atoms with E-state index in [2.05, 4.69) is 18.7 Å². The molecule has 45 heavy (non-hydrogen) atoms. The Morgan fingerprint density at radius 3 is 1.84 bits per heavy atom. The van der Waals surface area contributed by atoms with Crippen molar-refractivity contribution in [1.82, 2.24) is 23.3 Å². The second kappa shape index (κ2) is 15.5. The average molecular weight is 676 g/mol. The summed E-state index contributed by atoms with van der Waals surface area (Å²) in [5, 5.41) is 0. The first-order valence-electron chi connectivity index (χ1n) is 16.2. The third kappa shape index (κ3) is 10.4. The summed E-state index contributed by atoms with van der Waals surface area (Å²) in [5.41, 5.74) is 0.631. The number of hydrogen-bond acceptors (Lipinski definition) is 7. The van der Waals surface area contributed by atoms with E-state index in [0.29, 0.717) is 76.6 Å². The smallest absolute Gasteiger partial charge is 0.237 e. The molecule has 0 saturated carbocycles. The van der Waals surface area contributed by atoms with Gasteiger partial charge in [0.15, 0.2) is 0 Å². The standard InChI is InChI=1S/C31H51F2N5O5S2/c1-24(2)22-38(31(39)23-35-15-17-37(18-16-35)45(4,42)43)29-7-10-34(11-8-29)12-9-30(26-19-27(32)21-28(33)20-26)25-5-13-36(14-6-25)44(3,40)41/h19-21,24-25,29-30H,5-18,22-23H2,1-4H3. The summed E-state index contributed by atoms with van der Waals surface area (Å²) in [6.45, 7) is 10.3. The van der Waals surface area contributed by atoms with Crippen LogP contribution < -0.4 is 0 Å². The molecule has 0 bridgehead atoms. The second-order valence-electron chi connectivity index (χ2n) is 13.5. The largest absolute Gasteiger partial charge is 0.338 e. The van der Waals surface area contributed by atoms with Crippen molar-refractivity contribution in [3.8, 4) is 0 Å². The van der Waals surface area contributed by atoms with Crippen molar-refractivity contribution >= 4 is 26.0 Å². The number of amides is 1. The van der Waals surface area contributed by atoms with Crippen molar-refractivity contribution in [3.63, 3.8) is 0 Å². The molecule has 3 aliphatic heterocycles. The van der Waals surface area contributed by atoms with Gasteiger partial charge < -0.3 is 9.80 Å². The lowest BCUT2D eigenvalue weighted by atomic mass is 9.78. The number of benzene rings is 1. The van der Waals surface area contributed by atoms with E-state index >= 15 is 0 Å². The summed E-state index contributed by atoms with van der Waals surface area (Å²) in [5.74, 6) is -0.760. The van der Waals surface area contributed by atoms with E-state index in [1.54, 1.807) is 0 Å². The maximum Gasteiger partial charge on any atom is 0.237 e. The van der Waals surface area contributed by atoms with Gasteiger partial charge in [-0.15, -0.1) is 0 Å². The first kappa shape index (κ1) is 36.1. The van der Waals surface area contributed by atoms with Gasteiger partial charge in [-0.25, -0.2) is 29.9 Å². The molecule has 0 N–H and O–H groups in total. The molecule has 1 amide bonds. The first-order chi connectivity index (χ1) is 21.1. The zero-order chi connectivity index (χ0) is 32.9. The predicted molar refractivity (Wildman–Crippen MR) is 172 cm³/mol. The lowest BCUT2D eigenvalue weighted by Crippen LogP contribution is -2.54. The normalized spacial score (nSPS) is 21.8. The van der Waals surface area contributed by atoms with Gasteiger partial charge in [-0.3, -0.25) is 9.69 Å². The summed E-state index contributed by atoms with van der Waals surface area (Å²) in [4.78, 5) is 20.0. The third-order valence-corrected chi connectivity index (χ3v) is 12.3. The number of rotatable bonds is 12. The second-order valence-corrected chi connectivity index (χ2v) is 17.5. The van der Waals surface area contributed by atoms with E-state index in [9.17, 15) is 30.4 Å². The number of nitrogens with zero attached hydrogens (tertiary/aromatic N) is 5. The maximum absolute atomic E-state index is 14.3. The number of carbonyl (C=O) groups excluding carboxylic acids is 1. The molecule has 1 aromatic carbocycles. The van der Waals surface area contributed by atoms with E-state index in [0.717, 1.165) is 38.5 Å². The van der Waals surface area contributed by atoms with E-state index in [4.69, 9.17) is 0 Å². The van der Waals surface area contributed by atoms with E-state index in [-0.39, 0.29) is 30.3 Å². The van der Waals surface area contributed by atoms with Crippen molar-refractivity contribution in [2.45, 2.75) is 57.9 Å².